The summed E-state index contributed by atoms with van der Waals surface area (Å²) in [6, 6.07) is 6.35. The van der Waals surface area contributed by atoms with Gasteiger partial charge in [0.2, 0.25) is 11.8 Å². The van der Waals surface area contributed by atoms with E-state index < -0.39 is 0 Å². The topological polar surface area (TPSA) is 40.6 Å². The Morgan fingerprint density at radius 2 is 1.70 bits per heavy atom. The van der Waals surface area contributed by atoms with Crippen LogP contribution in [0.4, 0.5) is 4.39 Å². The van der Waals surface area contributed by atoms with Crippen molar-refractivity contribution in [2.24, 2.45) is 5.41 Å². The Bertz CT molecular complexity index is 573. The van der Waals surface area contributed by atoms with Gasteiger partial charge in [0, 0.05) is 38.0 Å². The van der Waals surface area contributed by atoms with Gasteiger partial charge < -0.3 is 9.80 Å². The standard InChI is InChI=1S/C18H25FN2O2/c1-18(2,3)17(23)21-11-9-20(10-12-21)16(22)8-7-14-5-4-6-15(19)13-14/h4-6,13H,7-12H2,1-3H3. The van der Waals surface area contributed by atoms with Gasteiger partial charge in [0.05, 0.1) is 0 Å². The van der Waals surface area contributed by atoms with Crippen LogP contribution in [-0.2, 0) is 16.0 Å². The van der Waals surface area contributed by atoms with Gasteiger partial charge >= 0.3 is 0 Å². The molecule has 0 unspecified atom stereocenters. The molecular formula is C18H25FN2O2. The Balaban J connectivity index is 1.81. The minimum atomic E-state index is -0.385. The maximum Gasteiger partial charge on any atom is 0.228 e. The zero-order chi connectivity index (χ0) is 17.0. The Hall–Kier alpha value is -1.91. The van der Waals surface area contributed by atoms with Crippen molar-refractivity contribution < 1.29 is 14.0 Å². The normalized spacial score (nSPS) is 15.7. The number of hydrogen-bond donors (Lipinski definition) is 0. The fourth-order valence-corrected chi connectivity index (χ4v) is 2.74. The summed E-state index contributed by atoms with van der Waals surface area (Å²) < 4.78 is 13.1. The third-order valence-electron chi connectivity index (χ3n) is 4.08. The van der Waals surface area contributed by atoms with E-state index in [9.17, 15) is 14.0 Å². The molecule has 1 fully saturated rings. The van der Waals surface area contributed by atoms with E-state index in [2.05, 4.69) is 0 Å². The molecule has 0 radical (unpaired) electrons. The fraction of sp³-hybridized carbons (Fsp3) is 0.556. The van der Waals surface area contributed by atoms with Crippen molar-refractivity contribution in [3.8, 4) is 0 Å². The lowest BCUT2D eigenvalue weighted by atomic mass is 9.94. The molecule has 0 bridgehead atoms. The third-order valence-corrected chi connectivity index (χ3v) is 4.08. The molecule has 0 aliphatic carbocycles. The lowest BCUT2D eigenvalue weighted by molar-refractivity contribution is -0.144. The van der Waals surface area contributed by atoms with Gasteiger partial charge in [-0.3, -0.25) is 9.59 Å². The molecule has 0 spiro atoms. The molecular weight excluding hydrogens is 295 g/mol. The van der Waals surface area contributed by atoms with Crippen molar-refractivity contribution in [1.82, 2.24) is 9.80 Å². The van der Waals surface area contributed by atoms with Crippen LogP contribution in [0, 0.1) is 11.2 Å². The highest BCUT2D eigenvalue weighted by Gasteiger charge is 2.30. The Labute approximate surface area is 137 Å². The van der Waals surface area contributed by atoms with Gasteiger partial charge in [-0.25, -0.2) is 4.39 Å². The van der Waals surface area contributed by atoms with E-state index >= 15 is 0 Å². The summed E-state index contributed by atoms with van der Waals surface area (Å²) >= 11 is 0. The quantitative estimate of drug-likeness (QED) is 0.858. The van der Waals surface area contributed by atoms with E-state index in [-0.39, 0.29) is 23.0 Å². The van der Waals surface area contributed by atoms with Crippen LogP contribution in [-0.4, -0.2) is 47.8 Å². The highest BCUT2D eigenvalue weighted by atomic mass is 19.1. The first-order valence-electron chi connectivity index (χ1n) is 8.09. The summed E-state index contributed by atoms with van der Waals surface area (Å²) in [6.45, 7) is 8.04. The number of halogens is 1. The van der Waals surface area contributed by atoms with E-state index in [1.54, 1.807) is 11.0 Å². The minimum absolute atomic E-state index is 0.0668. The van der Waals surface area contributed by atoms with Crippen LogP contribution in [0.15, 0.2) is 24.3 Å². The summed E-state index contributed by atoms with van der Waals surface area (Å²) in [5.74, 6) is -0.0780. The smallest absolute Gasteiger partial charge is 0.228 e. The first kappa shape index (κ1) is 17.4. The number of carbonyl (C=O) groups excluding carboxylic acids is 2. The molecule has 0 saturated carbocycles. The van der Waals surface area contributed by atoms with Gasteiger partial charge in [-0.15, -0.1) is 0 Å². The van der Waals surface area contributed by atoms with Gasteiger partial charge in [0.1, 0.15) is 5.82 Å². The predicted molar refractivity (Wildman–Crippen MR) is 87.3 cm³/mol. The minimum Gasteiger partial charge on any atom is -0.339 e. The van der Waals surface area contributed by atoms with Crippen molar-refractivity contribution in [1.29, 1.82) is 0 Å². The first-order chi connectivity index (χ1) is 10.8. The molecule has 0 atom stereocenters. The average molecular weight is 320 g/mol. The van der Waals surface area contributed by atoms with E-state index in [0.29, 0.717) is 39.0 Å². The van der Waals surface area contributed by atoms with Gasteiger partial charge in [-0.2, -0.15) is 0 Å². The second-order valence-electron chi connectivity index (χ2n) is 7.05. The monoisotopic (exact) mass is 320 g/mol. The summed E-state index contributed by atoms with van der Waals surface area (Å²) in [5, 5.41) is 0. The van der Waals surface area contributed by atoms with Crippen LogP contribution in [0.2, 0.25) is 0 Å². The lowest BCUT2D eigenvalue weighted by Crippen LogP contribution is -2.53. The number of aryl methyl sites for hydroxylation is 1. The summed E-state index contributed by atoms with van der Waals surface area (Å²) in [4.78, 5) is 28.1. The molecule has 5 heteroatoms. The maximum atomic E-state index is 13.1. The summed E-state index contributed by atoms with van der Waals surface area (Å²) in [7, 11) is 0. The molecule has 1 heterocycles. The Kier molecular flexibility index (Phi) is 5.39. The van der Waals surface area contributed by atoms with Crippen molar-refractivity contribution in [2.75, 3.05) is 26.2 Å². The van der Waals surface area contributed by atoms with Crippen LogP contribution in [0.3, 0.4) is 0 Å². The van der Waals surface area contributed by atoms with Crippen LogP contribution < -0.4 is 0 Å². The fourth-order valence-electron chi connectivity index (χ4n) is 2.74. The largest absolute Gasteiger partial charge is 0.339 e. The molecule has 126 valence electrons. The molecule has 23 heavy (non-hydrogen) atoms. The van der Waals surface area contributed by atoms with Gasteiger partial charge in [0.25, 0.3) is 0 Å². The number of amides is 2. The Morgan fingerprint density at radius 1 is 1.09 bits per heavy atom. The van der Waals surface area contributed by atoms with E-state index in [0.717, 1.165) is 5.56 Å². The van der Waals surface area contributed by atoms with Gasteiger partial charge in [-0.05, 0) is 24.1 Å². The molecule has 1 aromatic carbocycles. The van der Waals surface area contributed by atoms with Crippen LogP contribution in [0.25, 0.3) is 0 Å². The number of carbonyl (C=O) groups is 2. The summed E-state index contributed by atoms with van der Waals surface area (Å²) in [5.41, 5.74) is 0.448. The van der Waals surface area contributed by atoms with Crippen LogP contribution in [0.5, 0.6) is 0 Å². The third kappa shape index (κ3) is 4.78. The molecule has 1 saturated heterocycles. The van der Waals surface area contributed by atoms with Gasteiger partial charge in [-0.1, -0.05) is 32.9 Å². The Morgan fingerprint density at radius 3 is 2.26 bits per heavy atom. The zero-order valence-corrected chi connectivity index (χ0v) is 14.1. The maximum absolute atomic E-state index is 13.1. The van der Waals surface area contributed by atoms with E-state index in [4.69, 9.17) is 0 Å². The SMILES string of the molecule is CC(C)(C)C(=O)N1CCN(C(=O)CCc2cccc(F)c2)CC1. The predicted octanol–water partition coefficient (Wildman–Crippen LogP) is 2.48. The zero-order valence-electron chi connectivity index (χ0n) is 14.1. The number of piperazine rings is 1. The number of benzene rings is 1. The van der Waals surface area contributed by atoms with E-state index in [1.807, 2.05) is 31.7 Å². The molecule has 1 aliphatic rings. The molecule has 0 N–H and O–H groups in total. The highest BCUT2D eigenvalue weighted by molar-refractivity contribution is 5.82. The first-order valence-corrected chi connectivity index (χ1v) is 8.09. The molecule has 2 amide bonds. The second-order valence-corrected chi connectivity index (χ2v) is 7.05. The average Bonchev–Trinajstić information content (AvgIpc) is 2.51. The number of nitrogens with zero attached hydrogens (tertiary/aromatic N) is 2. The summed E-state index contributed by atoms with van der Waals surface area (Å²) in [6.07, 6.45) is 0.911. The van der Waals surface area contributed by atoms with Gasteiger partial charge in [0.15, 0.2) is 0 Å². The number of rotatable bonds is 3. The van der Waals surface area contributed by atoms with Crippen molar-refractivity contribution in [3.63, 3.8) is 0 Å². The molecule has 2 rings (SSSR count). The van der Waals surface area contributed by atoms with Crippen molar-refractivity contribution in [2.45, 2.75) is 33.6 Å². The van der Waals surface area contributed by atoms with E-state index in [1.165, 1.54) is 12.1 Å². The van der Waals surface area contributed by atoms with Crippen molar-refractivity contribution in [3.05, 3.63) is 35.6 Å². The van der Waals surface area contributed by atoms with Crippen molar-refractivity contribution >= 4 is 11.8 Å². The van der Waals surface area contributed by atoms with Crippen LogP contribution in [0.1, 0.15) is 32.8 Å². The molecule has 1 aliphatic heterocycles. The highest BCUT2D eigenvalue weighted by Crippen LogP contribution is 2.19. The second kappa shape index (κ2) is 7.11. The number of hydrogen-bond acceptors (Lipinski definition) is 2. The lowest BCUT2D eigenvalue weighted by Gasteiger charge is -2.37. The molecule has 0 aromatic heterocycles. The van der Waals surface area contributed by atoms with Crippen LogP contribution >= 0.6 is 0 Å². The molecule has 1 aromatic rings. The molecule has 4 nitrogen and oxygen atoms in total.